The summed E-state index contributed by atoms with van der Waals surface area (Å²) < 4.78 is 12.7. The molecule has 1 aromatic carbocycles. The summed E-state index contributed by atoms with van der Waals surface area (Å²) in [7, 11) is 0. The number of fused-ring (bicyclic) bond motifs is 3. The van der Waals surface area contributed by atoms with Crippen LogP contribution in [0.2, 0.25) is 0 Å². The Morgan fingerprint density at radius 1 is 1.00 bits per heavy atom. The van der Waals surface area contributed by atoms with Crippen LogP contribution in [0.4, 0.5) is 0 Å². The fourth-order valence-corrected chi connectivity index (χ4v) is 3.18. The molecule has 0 aliphatic carbocycles. The number of hydrogen-bond acceptors (Lipinski definition) is 6. The Morgan fingerprint density at radius 3 is 2.72 bits per heavy atom. The smallest absolute Gasteiger partial charge is 0.217 e. The zero-order chi connectivity index (χ0) is 16.6. The van der Waals surface area contributed by atoms with Crippen LogP contribution in [0.25, 0.3) is 28.1 Å². The molecule has 4 heterocycles. The molecular formula is C18H17N5O2. The van der Waals surface area contributed by atoms with Crippen molar-refractivity contribution in [3.63, 3.8) is 0 Å². The molecule has 126 valence electrons. The van der Waals surface area contributed by atoms with E-state index in [4.69, 9.17) is 19.1 Å². The van der Waals surface area contributed by atoms with Gasteiger partial charge in [-0.15, -0.1) is 5.10 Å². The van der Waals surface area contributed by atoms with Crippen LogP contribution in [0, 0.1) is 0 Å². The molecule has 1 fully saturated rings. The molecule has 0 saturated carbocycles. The summed E-state index contributed by atoms with van der Waals surface area (Å²) in [5.41, 5.74) is 1.73. The standard InChI is InChI=1S/C18H17N5O2/c1-2-5-14-13(4-1)18-20-17(15-6-3-9-25-15)21-23(18)16(19-14)12-22-7-10-24-11-8-22/h1-6,9H,7-8,10-12H2. The van der Waals surface area contributed by atoms with Gasteiger partial charge in [0, 0.05) is 18.5 Å². The lowest BCUT2D eigenvalue weighted by Gasteiger charge is -2.26. The molecular weight excluding hydrogens is 318 g/mol. The SMILES string of the molecule is c1coc(-c2nc3c4ccccc4nc(CN4CCOCC4)n3n2)c1. The van der Waals surface area contributed by atoms with Gasteiger partial charge in [0.2, 0.25) is 5.82 Å². The van der Waals surface area contributed by atoms with Crippen molar-refractivity contribution in [3.05, 3.63) is 48.5 Å². The van der Waals surface area contributed by atoms with Gasteiger partial charge in [-0.3, -0.25) is 4.90 Å². The lowest BCUT2D eigenvalue weighted by atomic mass is 10.2. The molecule has 7 heteroatoms. The van der Waals surface area contributed by atoms with Crippen molar-refractivity contribution >= 4 is 16.6 Å². The molecule has 1 aliphatic heterocycles. The van der Waals surface area contributed by atoms with Crippen LogP contribution >= 0.6 is 0 Å². The molecule has 0 amide bonds. The monoisotopic (exact) mass is 335 g/mol. The van der Waals surface area contributed by atoms with E-state index in [1.54, 1.807) is 6.26 Å². The van der Waals surface area contributed by atoms with E-state index in [2.05, 4.69) is 10.00 Å². The van der Waals surface area contributed by atoms with Gasteiger partial charge in [0.15, 0.2) is 11.4 Å². The Bertz CT molecular complexity index is 1020. The fraction of sp³-hybridized carbons (Fsp3) is 0.278. The van der Waals surface area contributed by atoms with E-state index in [-0.39, 0.29) is 0 Å². The maximum absolute atomic E-state index is 5.47. The third kappa shape index (κ3) is 2.57. The molecule has 1 saturated heterocycles. The average molecular weight is 335 g/mol. The number of furan rings is 1. The minimum Gasteiger partial charge on any atom is -0.461 e. The van der Waals surface area contributed by atoms with Crippen LogP contribution in [0.1, 0.15) is 5.82 Å². The first-order valence-corrected chi connectivity index (χ1v) is 8.37. The number of nitrogens with zero attached hydrogens (tertiary/aromatic N) is 5. The van der Waals surface area contributed by atoms with E-state index in [1.807, 2.05) is 40.9 Å². The summed E-state index contributed by atoms with van der Waals surface area (Å²) in [6.07, 6.45) is 1.63. The minimum absolute atomic E-state index is 0.575. The number of morpholine rings is 1. The van der Waals surface area contributed by atoms with Gasteiger partial charge in [-0.05, 0) is 24.3 Å². The molecule has 7 nitrogen and oxygen atoms in total. The molecule has 0 spiro atoms. The Hall–Kier alpha value is -2.77. The zero-order valence-electron chi connectivity index (χ0n) is 13.6. The fourth-order valence-electron chi connectivity index (χ4n) is 3.18. The Labute approximate surface area is 143 Å². The van der Waals surface area contributed by atoms with Crippen LogP contribution < -0.4 is 0 Å². The van der Waals surface area contributed by atoms with Gasteiger partial charge in [-0.2, -0.15) is 4.52 Å². The van der Waals surface area contributed by atoms with Gasteiger partial charge in [0.1, 0.15) is 5.82 Å². The molecule has 0 N–H and O–H groups in total. The zero-order valence-corrected chi connectivity index (χ0v) is 13.6. The van der Waals surface area contributed by atoms with E-state index in [0.717, 1.165) is 48.7 Å². The van der Waals surface area contributed by atoms with E-state index >= 15 is 0 Å². The summed E-state index contributed by atoms with van der Waals surface area (Å²) in [5.74, 6) is 2.11. The highest BCUT2D eigenvalue weighted by molar-refractivity contribution is 5.91. The van der Waals surface area contributed by atoms with Crippen molar-refractivity contribution in [2.75, 3.05) is 26.3 Å². The first-order chi connectivity index (χ1) is 12.4. The van der Waals surface area contributed by atoms with E-state index in [0.29, 0.717) is 18.1 Å². The minimum atomic E-state index is 0.575. The highest BCUT2D eigenvalue weighted by atomic mass is 16.5. The number of ether oxygens (including phenoxy) is 1. The van der Waals surface area contributed by atoms with Crippen molar-refractivity contribution in [1.29, 1.82) is 0 Å². The number of hydrogen-bond donors (Lipinski definition) is 0. The molecule has 3 aromatic heterocycles. The maximum Gasteiger partial charge on any atom is 0.217 e. The predicted octanol–water partition coefficient (Wildman–Crippen LogP) is 2.37. The van der Waals surface area contributed by atoms with Crippen molar-refractivity contribution in [1.82, 2.24) is 24.5 Å². The summed E-state index contributed by atoms with van der Waals surface area (Å²) in [6, 6.07) is 11.7. The molecule has 0 radical (unpaired) electrons. The second-order valence-electron chi connectivity index (χ2n) is 6.08. The first kappa shape index (κ1) is 14.6. The third-order valence-corrected chi connectivity index (χ3v) is 4.46. The number of para-hydroxylation sites is 1. The van der Waals surface area contributed by atoms with Crippen LogP contribution in [-0.4, -0.2) is 50.8 Å². The summed E-state index contributed by atoms with van der Waals surface area (Å²) in [4.78, 5) is 11.9. The molecule has 0 unspecified atom stereocenters. The number of aromatic nitrogens is 4. The molecule has 5 rings (SSSR count). The summed E-state index contributed by atoms with van der Waals surface area (Å²) in [6.45, 7) is 4.02. The van der Waals surface area contributed by atoms with Crippen molar-refractivity contribution < 1.29 is 9.15 Å². The van der Waals surface area contributed by atoms with Gasteiger partial charge in [-0.1, -0.05) is 12.1 Å². The Morgan fingerprint density at radius 2 is 1.88 bits per heavy atom. The Balaban J connectivity index is 1.68. The molecule has 1 aliphatic rings. The second kappa shape index (κ2) is 5.94. The van der Waals surface area contributed by atoms with Crippen molar-refractivity contribution in [2.45, 2.75) is 6.54 Å². The van der Waals surface area contributed by atoms with E-state index in [9.17, 15) is 0 Å². The van der Waals surface area contributed by atoms with Crippen LogP contribution in [0.3, 0.4) is 0 Å². The topological polar surface area (TPSA) is 68.7 Å². The van der Waals surface area contributed by atoms with Crippen molar-refractivity contribution in [2.24, 2.45) is 0 Å². The lowest BCUT2D eigenvalue weighted by molar-refractivity contribution is 0.0328. The maximum atomic E-state index is 5.47. The second-order valence-corrected chi connectivity index (χ2v) is 6.08. The van der Waals surface area contributed by atoms with Crippen LogP contribution in [0.15, 0.2) is 47.1 Å². The van der Waals surface area contributed by atoms with E-state index in [1.165, 1.54) is 0 Å². The molecule has 4 aromatic rings. The van der Waals surface area contributed by atoms with Gasteiger partial charge < -0.3 is 9.15 Å². The quantitative estimate of drug-likeness (QED) is 0.572. The van der Waals surface area contributed by atoms with Gasteiger partial charge in [-0.25, -0.2) is 9.97 Å². The lowest BCUT2D eigenvalue weighted by Crippen LogP contribution is -2.36. The van der Waals surface area contributed by atoms with E-state index < -0.39 is 0 Å². The average Bonchev–Trinajstić information content (AvgIpc) is 3.32. The summed E-state index contributed by atoms with van der Waals surface area (Å²) in [5, 5.41) is 5.65. The van der Waals surface area contributed by atoms with Gasteiger partial charge >= 0.3 is 0 Å². The third-order valence-electron chi connectivity index (χ3n) is 4.46. The largest absolute Gasteiger partial charge is 0.461 e. The molecule has 0 atom stereocenters. The highest BCUT2D eigenvalue weighted by Gasteiger charge is 2.18. The highest BCUT2D eigenvalue weighted by Crippen LogP contribution is 2.23. The molecule has 25 heavy (non-hydrogen) atoms. The van der Waals surface area contributed by atoms with Crippen LogP contribution in [0.5, 0.6) is 0 Å². The molecule has 0 bridgehead atoms. The summed E-state index contributed by atoms with van der Waals surface area (Å²) >= 11 is 0. The van der Waals surface area contributed by atoms with Gasteiger partial charge in [0.25, 0.3) is 0 Å². The first-order valence-electron chi connectivity index (χ1n) is 8.37. The number of benzene rings is 1. The van der Waals surface area contributed by atoms with Crippen molar-refractivity contribution in [3.8, 4) is 11.6 Å². The predicted molar refractivity (Wildman–Crippen MR) is 92.1 cm³/mol. The Kier molecular flexibility index (Phi) is 3.46. The number of rotatable bonds is 3. The normalized spacial score (nSPS) is 16.0. The van der Waals surface area contributed by atoms with Gasteiger partial charge in [0.05, 0.1) is 31.5 Å². The van der Waals surface area contributed by atoms with Crippen LogP contribution in [-0.2, 0) is 11.3 Å².